The molecule has 0 bridgehead atoms. The standard InChI is InChI=1S/C14H14FNO2/c1-10-3-4-14(18-10)8-16(2)13-6-11(9-17)5-12(15)7-13/h3-7,9H,8H2,1-2H3. The van der Waals surface area contributed by atoms with Gasteiger partial charge in [0.2, 0.25) is 0 Å². The van der Waals surface area contributed by atoms with Crippen LogP contribution in [0, 0.1) is 12.7 Å². The van der Waals surface area contributed by atoms with Gasteiger partial charge >= 0.3 is 0 Å². The predicted molar refractivity (Wildman–Crippen MR) is 67.3 cm³/mol. The highest BCUT2D eigenvalue weighted by molar-refractivity contribution is 5.77. The Labute approximate surface area is 105 Å². The molecular weight excluding hydrogens is 233 g/mol. The van der Waals surface area contributed by atoms with E-state index in [1.54, 1.807) is 6.07 Å². The molecule has 0 saturated heterocycles. The first kappa shape index (κ1) is 12.4. The number of carbonyl (C=O) groups excluding carboxylic acids is 1. The summed E-state index contributed by atoms with van der Waals surface area (Å²) in [5, 5.41) is 0. The van der Waals surface area contributed by atoms with Crippen molar-refractivity contribution < 1.29 is 13.6 Å². The molecule has 1 aromatic heterocycles. The zero-order valence-corrected chi connectivity index (χ0v) is 10.3. The highest BCUT2D eigenvalue weighted by Crippen LogP contribution is 2.19. The molecule has 4 heteroatoms. The fourth-order valence-electron chi connectivity index (χ4n) is 1.78. The molecule has 1 aromatic carbocycles. The Bertz CT molecular complexity index is 563. The van der Waals surface area contributed by atoms with E-state index in [9.17, 15) is 9.18 Å². The van der Waals surface area contributed by atoms with Crippen molar-refractivity contribution in [3.8, 4) is 0 Å². The van der Waals surface area contributed by atoms with E-state index in [0.717, 1.165) is 11.5 Å². The first-order valence-corrected chi connectivity index (χ1v) is 5.60. The van der Waals surface area contributed by atoms with Crippen LogP contribution in [0.1, 0.15) is 21.9 Å². The van der Waals surface area contributed by atoms with Crippen molar-refractivity contribution in [3.05, 3.63) is 53.2 Å². The summed E-state index contributed by atoms with van der Waals surface area (Å²) in [6.07, 6.45) is 0.636. The molecule has 0 spiro atoms. The Hall–Kier alpha value is -2.10. The molecule has 94 valence electrons. The van der Waals surface area contributed by atoms with Gasteiger partial charge in [0.05, 0.1) is 6.54 Å². The third-order valence-electron chi connectivity index (χ3n) is 2.67. The van der Waals surface area contributed by atoms with Gasteiger partial charge in [-0.1, -0.05) is 0 Å². The summed E-state index contributed by atoms with van der Waals surface area (Å²) in [6, 6.07) is 8.01. The van der Waals surface area contributed by atoms with Crippen LogP contribution in [0.4, 0.5) is 10.1 Å². The average Bonchev–Trinajstić information content (AvgIpc) is 2.73. The molecule has 0 aliphatic heterocycles. The monoisotopic (exact) mass is 247 g/mol. The molecule has 0 saturated carbocycles. The third-order valence-corrected chi connectivity index (χ3v) is 2.67. The second-order valence-corrected chi connectivity index (χ2v) is 4.23. The lowest BCUT2D eigenvalue weighted by molar-refractivity contribution is 0.112. The molecule has 1 heterocycles. The van der Waals surface area contributed by atoms with Crippen LogP contribution in [-0.4, -0.2) is 13.3 Å². The average molecular weight is 247 g/mol. The molecule has 18 heavy (non-hydrogen) atoms. The number of aldehydes is 1. The lowest BCUT2D eigenvalue weighted by Crippen LogP contribution is -2.16. The van der Waals surface area contributed by atoms with Gasteiger partial charge in [0.15, 0.2) is 0 Å². The van der Waals surface area contributed by atoms with E-state index < -0.39 is 5.82 Å². The fourth-order valence-corrected chi connectivity index (χ4v) is 1.78. The molecule has 0 amide bonds. The summed E-state index contributed by atoms with van der Waals surface area (Å²) in [5.41, 5.74) is 0.971. The number of aryl methyl sites for hydroxylation is 1. The van der Waals surface area contributed by atoms with E-state index in [1.807, 2.05) is 31.0 Å². The third kappa shape index (κ3) is 2.77. The lowest BCUT2D eigenvalue weighted by atomic mass is 10.2. The Morgan fingerprint density at radius 3 is 2.72 bits per heavy atom. The van der Waals surface area contributed by atoms with E-state index in [2.05, 4.69) is 0 Å². The Morgan fingerprint density at radius 2 is 2.11 bits per heavy atom. The van der Waals surface area contributed by atoms with Crippen LogP contribution in [0.25, 0.3) is 0 Å². The molecule has 0 fully saturated rings. The maximum Gasteiger partial charge on any atom is 0.150 e. The molecule has 0 N–H and O–H groups in total. The molecule has 3 nitrogen and oxygen atoms in total. The number of halogens is 1. The van der Waals surface area contributed by atoms with Crippen LogP contribution in [0.15, 0.2) is 34.7 Å². The van der Waals surface area contributed by atoms with Crippen LogP contribution in [0.5, 0.6) is 0 Å². The second-order valence-electron chi connectivity index (χ2n) is 4.23. The van der Waals surface area contributed by atoms with E-state index in [4.69, 9.17) is 4.42 Å². The maximum absolute atomic E-state index is 13.3. The normalized spacial score (nSPS) is 10.4. The van der Waals surface area contributed by atoms with Crippen molar-refractivity contribution >= 4 is 12.0 Å². The maximum atomic E-state index is 13.3. The Morgan fingerprint density at radius 1 is 1.33 bits per heavy atom. The highest BCUT2D eigenvalue weighted by atomic mass is 19.1. The minimum atomic E-state index is -0.419. The minimum Gasteiger partial charge on any atom is -0.464 e. The SMILES string of the molecule is Cc1ccc(CN(C)c2cc(F)cc(C=O)c2)o1. The van der Waals surface area contributed by atoms with Gasteiger partial charge in [-0.25, -0.2) is 4.39 Å². The smallest absolute Gasteiger partial charge is 0.150 e. The van der Waals surface area contributed by atoms with Crippen molar-refractivity contribution in [1.29, 1.82) is 0 Å². The van der Waals surface area contributed by atoms with Crippen molar-refractivity contribution in [1.82, 2.24) is 0 Å². The molecule has 2 rings (SSSR count). The summed E-state index contributed by atoms with van der Waals surface area (Å²) in [4.78, 5) is 12.5. The minimum absolute atomic E-state index is 0.326. The summed E-state index contributed by atoms with van der Waals surface area (Å²) in [7, 11) is 1.82. The van der Waals surface area contributed by atoms with E-state index in [-0.39, 0.29) is 0 Å². The number of hydrogen-bond acceptors (Lipinski definition) is 3. The zero-order valence-electron chi connectivity index (χ0n) is 10.3. The van der Waals surface area contributed by atoms with Gasteiger partial charge in [-0.2, -0.15) is 0 Å². The molecule has 0 unspecified atom stereocenters. The Kier molecular flexibility index (Phi) is 3.46. The zero-order chi connectivity index (χ0) is 13.1. The van der Waals surface area contributed by atoms with E-state index in [1.165, 1.54) is 12.1 Å². The van der Waals surface area contributed by atoms with Crippen LogP contribution in [-0.2, 0) is 6.54 Å². The topological polar surface area (TPSA) is 33.5 Å². The summed E-state index contributed by atoms with van der Waals surface area (Å²) < 4.78 is 18.8. The van der Waals surface area contributed by atoms with Gasteiger partial charge in [0.25, 0.3) is 0 Å². The van der Waals surface area contributed by atoms with Gasteiger partial charge in [0.1, 0.15) is 23.6 Å². The van der Waals surface area contributed by atoms with Crippen molar-refractivity contribution in [2.75, 3.05) is 11.9 Å². The summed E-state index contributed by atoms with van der Waals surface area (Å²) >= 11 is 0. The summed E-state index contributed by atoms with van der Waals surface area (Å²) in [5.74, 6) is 1.22. The second kappa shape index (κ2) is 5.04. The molecule has 0 aliphatic rings. The van der Waals surface area contributed by atoms with Crippen molar-refractivity contribution in [3.63, 3.8) is 0 Å². The van der Waals surface area contributed by atoms with E-state index in [0.29, 0.717) is 24.1 Å². The van der Waals surface area contributed by atoms with Crippen LogP contribution < -0.4 is 4.90 Å². The molecule has 0 atom stereocenters. The Balaban J connectivity index is 2.20. The van der Waals surface area contributed by atoms with Crippen LogP contribution in [0.3, 0.4) is 0 Å². The first-order chi connectivity index (χ1) is 8.58. The summed E-state index contributed by atoms with van der Waals surface area (Å²) in [6.45, 7) is 2.39. The number of nitrogens with zero attached hydrogens (tertiary/aromatic N) is 1. The number of benzene rings is 1. The number of furan rings is 1. The van der Waals surface area contributed by atoms with Gasteiger partial charge in [-0.15, -0.1) is 0 Å². The van der Waals surface area contributed by atoms with Crippen molar-refractivity contribution in [2.45, 2.75) is 13.5 Å². The predicted octanol–water partition coefficient (Wildman–Crippen LogP) is 3.18. The number of carbonyl (C=O) groups is 1. The van der Waals surface area contributed by atoms with Crippen molar-refractivity contribution in [2.24, 2.45) is 0 Å². The highest BCUT2D eigenvalue weighted by Gasteiger charge is 2.08. The van der Waals surface area contributed by atoms with Gasteiger partial charge in [0, 0.05) is 18.3 Å². The lowest BCUT2D eigenvalue weighted by Gasteiger charge is -2.18. The number of hydrogen-bond donors (Lipinski definition) is 0. The van der Waals surface area contributed by atoms with Gasteiger partial charge < -0.3 is 9.32 Å². The van der Waals surface area contributed by atoms with Gasteiger partial charge in [-0.3, -0.25) is 4.79 Å². The van der Waals surface area contributed by atoms with Gasteiger partial charge in [-0.05, 0) is 37.3 Å². The quantitative estimate of drug-likeness (QED) is 0.778. The molecule has 0 aliphatic carbocycles. The molecule has 0 radical (unpaired) electrons. The fraction of sp³-hybridized carbons (Fsp3) is 0.214. The first-order valence-electron chi connectivity index (χ1n) is 5.60. The number of anilines is 1. The molecule has 2 aromatic rings. The van der Waals surface area contributed by atoms with E-state index >= 15 is 0 Å². The van der Waals surface area contributed by atoms with Crippen LogP contribution in [0.2, 0.25) is 0 Å². The molecular formula is C14H14FNO2. The largest absolute Gasteiger partial charge is 0.464 e. The van der Waals surface area contributed by atoms with Crippen LogP contribution >= 0.6 is 0 Å². The number of rotatable bonds is 4.